The quantitative estimate of drug-likeness (QED) is 0.752. The van der Waals surface area contributed by atoms with Crippen LogP contribution >= 0.6 is 0 Å². The fourth-order valence-electron chi connectivity index (χ4n) is 1.89. The van der Waals surface area contributed by atoms with Crippen LogP contribution in [-0.4, -0.2) is 36.0 Å². The molecule has 5 nitrogen and oxygen atoms in total. The summed E-state index contributed by atoms with van der Waals surface area (Å²) in [6.45, 7) is 7.85. The summed E-state index contributed by atoms with van der Waals surface area (Å²) < 4.78 is 5.18. The minimum atomic E-state index is -0.502. The molecule has 0 fully saturated rings. The smallest absolute Gasteiger partial charge is 0.407 e. The molecule has 21 heavy (non-hydrogen) atoms. The van der Waals surface area contributed by atoms with Crippen molar-refractivity contribution in [3.8, 4) is 0 Å². The van der Waals surface area contributed by atoms with Crippen LogP contribution in [-0.2, 0) is 4.74 Å². The van der Waals surface area contributed by atoms with Gasteiger partial charge >= 0.3 is 6.09 Å². The fourth-order valence-corrected chi connectivity index (χ4v) is 1.89. The van der Waals surface area contributed by atoms with E-state index in [1.165, 1.54) is 0 Å². The van der Waals surface area contributed by atoms with Crippen molar-refractivity contribution in [1.29, 1.82) is 0 Å². The standard InChI is InChI=1S/C16H26N2O3/c1-12(10-17-15(20)21-16(2,3)4)18-14(11-19)13-8-6-5-7-9-13/h5-9,12,14,18-19H,10-11H2,1-4H3,(H,17,20). The third-order valence-corrected chi connectivity index (χ3v) is 2.82. The molecule has 118 valence electrons. The summed E-state index contributed by atoms with van der Waals surface area (Å²) in [5.74, 6) is 0. The Bertz CT molecular complexity index is 429. The number of carbonyl (C=O) groups excluding carboxylic acids is 1. The molecule has 0 spiro atoms. The maximum atomic E-state index is 11.6. The predicted molar refractivity (Wildman–Crippen MR) is 83.1 cm³/mol. The van der Waals surface area contributed by atoms with Crippen molar-refractivity contribution in [2.24, 2.45) is 0 Å². The van der Waals surface area contributed by atoms with Crippen LogP contribution in [0.15, 0.2) is 30.3 Å². The Morgan fingerprint density at radius 1 is 1.29 bits per heavy atom. The van der Waals surface area contributed by atoms with E-state index in [4.69, 9.17) is 4.74 Å². The second-order valence-corrected chi connectivity index (χ2v) is 6.10. The van der Waals surface area contributed by atoms with E-state index in [2.05, 4.69) is 10.6 Å². The lowest BCUT2D eigenvalue weighted by Gasteiger charge is -2.24. The number of nitrogens with one attached hydrogen (secondary N) is 2. The van der Waals surface area contributed by atoms with Crippen molar-refractivity contribution in [1.82, 2.24) is 10.6 Å². The van der Waals surface area contributed by atoms with Gasteiger partial charge in [0.1, 0.15) is 5.60 Å². The predicted octanol–water partition coefficient (Wildman–Crippen LogP) is 2.22. The van der Waals surface area contributed by atoms with Gasteiger partial charge in [0, 0.05) is 12.6 Å². The fraction of sp³-hybridized carbons (Fsp3) is 0.562. The molecule has 0 saturated carbocycles. The number of hydrogen-bond acceptors (Lipinski definition) is 4. The number of aliphatic hydroxyl groups is 1. The van der Waals surface area contributed by atoms with Crippen LogP contribution in [0.5, 0.6) is 0 Å². The lowest BCUT2D eigenvalue weighted by molar-refractivity contribution is 0.0522. The molecule has 0 aliphatic heterocycles. The molecule has 1 rings (SSSR count). The number of aliphatic hydroxyl groups excluding tert-OH is 1. The van der Waals surface area contributed by atoms with Gasteiger partial charge in [-0.3, -0.25) is 0 Å². The molecule has 0 heterocycles. The maximum Gasteiger partial charge on any atom is 0.407 e. The van der Waals surface area contributed by atoms with Crippen LogP contribution in [0.4, 0.5) is 4.79 Å². The molecule has 0 saturated heterocycles. The monoisotopic (exact) mass is 294 g/mol. The van der Waals surface area contributed by atoms with E-state index in [1.807, 2.05) is 58.0 Å². The van der Waals surface area contributed by atoms with Gasteiger partial charge in [-0.15, -0.1) is 0 Å². The Morgan fingerprint density at radius 3 is 2.43 bits per heavy atom. The van der Waals surface area contributed by atoms with Crippen LogP contribution in [0.25, 0.3) is 0 Å². The first kappa shape index (κ1) is 17.5. The number of amides is 1. The van der Waals surface area contributed by atoms with E-state index >= 15 is 0 Å². The van der Waals surface area contributed by atoms with Gasteiger partial charge in [0.15, 0.2) is 0 Å². The number of benzene rings is 1. The van der Waals surface area contributed by atoms with Crippen molar-refractivity contribution >= 4 is 6.09 Å². The number of alkyl carbamates (subject to hydrolysis) is 1. The minimum Gasteiger partial charge on any atom is -0.444 e. The van der Waals surface area contributed by atoms with Crippen LogP contribution in [0.3, 0.4) is 0 Å². The van der Waals surface area contributed by atoms with E-state index in [0.717, 1.165) is 5.56 Å². The second kappa shape index (κ2) is 8.00. The highest BCUT2D eigenvalue weighted by molar-refractivity contribution is 5.67. The summed E-state index contributed by atoms with van der Waals surface area (Å²) in [5, 5.41) is 15.5. The van der Waals surface area contributed by atoms with E-state index in [0.29, 0.717) is 6.54 Å². The Hall–Kier alpha value is -1.59. The van der Waals surface area contributed by atoms with Crippen LogP contribution in [0.1, 0.15) is 39.3 Å². The Kier molecular flexibility index (Phi) is 6.65. The molecule has 0 radical (unpaired) electrons. The van der Waals surface area contributed by atoms with Crippen LogP contribution in [0.2, 0.25) is 0 Å². The molecule has 5 heteroatoms. The molecular formula is C16H26N2O3. The summed E-state index contributed by atoms with van der Waals surface area (Å²) in [4.78, 5) is 11.6. The summed E-state index contributed by atoms with van der Waals surface area (Å²) in [6, 6.07) is 9.58. The summed E-state index contributed by atoms with van der Waals surface area (Å²) >= 11 is 0. The number of rotatable bonds is 6. The lowest BCUT2D eigenvalue weighted by Crippen LogP contribution is -2.43. The summed E-state index contributed by atoms with van der Waals surface area (Å²) in [5.41, 5.74) is 0.516. The molecule has 1 aromatic carbocycles. The molecule has 2 atom stereocenters. The van der Waals surface area contributed by atoms with E-state index in [-0.39, 0.29) is 18.7 Å². The average molecular weight is 294 g/mol. The van der Waals surface area contributed by atoms with Crippen molar-refractivity contribution in [3.05, 3.63) is 35.9 Å². The van der Waals surface area contributed by atoms with Gasteiger partial charge in [0.05, 0.1) is 12.6 Å². The first-order valence-corrected chi connectivity index (χ1v) is 7.20. The lowest BCUT2D eigenvalue weighted by atomic mass is 10.1. The van der Waals surface area contributed by atoms with E-state index in [9.17, 15) is 9.90 Å². The molecule has 0 aliphatic carbocycles. The number of ether oxygens (including phenoxy) is 1. The third-order valence-electron chi connectivity index (χ3n) is 2.82. The SMILES string of the molecule is CC(CNC(=O)OC(C)(C)C)NC(CO)c1ccccc1. The van der Waals surface area contributed by atoms with Gasteiger partial charge in [0.2, 0.25) is 0 Å². The van der Waals surface area contributed by atoms with Gasteiger partial charge in [-0.05, 0) is 33.3 Å². The zero-order valence-electron chi connectivity index (χ0n) is 13.2. The van der Waals surface area contributed by atoms with Gasteiger partial charge in [-0.1, -0.05) is 30.3 Å². The number of carbonyl (C=O) groups is 1. The largest absolute Gasteiger partial charge is 0.444 e. The first-order valence-electron chi connectivity index (χ1n) is 7.20. The molecule has 0 bridgehead atoms. The van der Waals surface area contributed by atoms with Crippen molar-refractivity contribution in [3.63, 3.8) is 0 Å². The molecule has 0 aliphatic rings. The second-order valence-electron chi connectivity index (χ2n) is 6.10. The zero-order chi connectivity index (χ0) is 15.9. The molecular weight excluding hydrogens is 268 g/mol. The molecule has 2 unspecified atom stereocenters. The average Bonchev–Trinajstić information content (AvgIpc) is 2.41. The minimum absolute atomic E-state index is 0.000785. The molecule has 1 aromatic rings. The Labute approximate surface area is 126 Å². The summed E-state index contributed by atoms with van der Waals surface area (Å²) in [6.07, 6.45) is -0.434. The molecule has 3 N–H and O–H groups in total. The summed E-state index contributed by atoms with van der Waals surface area (Å²) in [7, 11) is 0. The molecule has 1 amide bonds. The Balaban J connectivity index is 2.42. The van der Waals surface area contributed by atoms with Gasteiger partial charge in [-0.2, -0.15) is 0 Å². The van der Waals surface area contributed by atoms with Gasteiger partial charge in [-0.25, -0.2) is 4.79 Å². The van der Waals surface area contributed by atoms with Crippen molar-refractivity contribution in [2.45, 2.75) is 45.4 Å². The highest BCUT2D eigenvalue weighted by Crippen LogP contribution is 2.12. The first-order chi connectivity index (χ1) is 9.81. The van der Waals surface area contributed by atoms with Gasteiger partial charge in [0.25, 0.3) is 0 Å². The van der Waals surface area contributed by atoms with Crippen LogP contribution in [0, 0.1) is 0 Å². The van der Waals surface area contributed by atoms with Crippen LogP contribution < -0.4 is 10.6 Å². The normalized spacial score (nSPS) is 14.3. The topological polar surface area (TPSA) is 70.6 Å². The number of hydrogen-bond donors (Lipinski definition) is 3. The van der Waals surface area contributed by atoms with E-state index < -0.39 is 11.7 Å². The highest BCUT2D eigenvalue weighted by Gasteiger charge is 2.17. The maximum absolute atomic E-state index is 11.6. The molecule has 0 aromatic heterocycles. The van der Waals surface area contributed by atoms with Gasteiger partial charge < -0.3 is 20.5 Å². The zero-order valence-corrected chi connectivity index (χ0v) is 13.2. The highest BCUT2D eigenvalue weighted by atomic mass is 16.6. The van der Waals surface area contributed by atoms with Crippen molar-refractivity contribution in [2.75, 3.05) is 13.2 Å². The Morgan fingerprint density at radius 2 is 1.90 bits per heavy atom. The van der Waals surface area contributed by atoms with Crippen molar-refractivity contribution < 1.29 is 14.6 Å². The third kappa shape index (κ3) is 7.11. The van der Waals surface area contributed by atoms with E-state index in [1.54, 1.807) is 0 Å².